The van der Waals surface area contributed by atoms with Crippen LogP contribution in [0.3, 0.4) is 0 Å². The lowest BCUT2D eigenvalue weighted by atomic mass is 10.1. The molecule has 18 heavy (non-hydrogen) atoms. The van der Waals surface area contributed by atoms with Gasteiger partial charge < -0.3 is 5.11 Å². The van der Waals surface area contributed by atoms with Gasteiger partial charge in [-0.15, -0.1) is 0 Å². The van der Waals surface area contributed by atoms with Crippen molar-refractivity contribution < 1.29 is 17.9 Å². The Morgan fingerprint density at radius 1 is 1.39 bits per heavy atom. The Labute approximate surface area is 107 Å². The van der Waals surface area contributed by atoms with Gasteiger partial charge in [-0.2, -0.15) is 0 Å². The molecule has 6 heteroatoms. The molecule has 0 saturated carbocycles. The molecule has 0 aliphatic rings. The average Bonchev–Trinajstić information content (AvgIpc) is 2.34. The summed E-state index contributed by atoms with van der Waals surface area (Å²) in [5, 5.41) is 9.72. The van der Waals surface area contributed by atoms with Crippen LogP contribution in [0.4, 0.5) is 4.39 Å². The average molecular weight is 275 g/mol. The van der Waals surface area contributed by atoms with Gasteiger partial charge in [0.2, 0.25) is 10.0 Å². The summed E-state index contributed by atoms with van der Waals surface area (Å²) in [6, 6.07) is 5.76. The predicted molar refractivity (Wildman–Crippen MR) is 68.1 cm³/mol. The number of hydrogen-bond acceptors (Lipinski definition) is 3. The summed E-state index contributed by atoms with van der Waals surface area (Å²) in [4.78, 5) is 0. The highest BCUT2D eigenvalue weighted by Gasteiger charge is 2.16. The van der Waals surface area contributed by atoms with Crippen molar-refractivity contribution in [1.29, 1.82) is 0 Å². The van der Waals surface area contributed by atoms with E-state index in [9.17, 15) is 17.9 Å². The van der Waals surface area contributed by atoms with Crippen LogP contribution >= 0.6 is 0 Å². The van der Waals surface area contributed by atoms with Crippen molar-refractivity contribution in [2.24, 2.45) is 0 Å². The smallest absolute Gasteiger partial charge is 0.211 e. The van der Waals surface area contributed by atoms with Crippen LogP contribution in [0.25, 0.3) is 0 Å². The van der Waals surface area contributed by atoms with Crippen LogP contribution in [0, 0.1) is 5.82 Å². The van der Waals surface area contributed by atoms with E-state index in [0.717, 1.165) is 6.42 Å². The second kappa shape index (κ2) is 6.82. The largest absolute Gasteiger partial charge is 0.387 e. The summed E-state index contributed by atoms with van der Waals surface area (Å²) in [7, 11) is -3.39. The van der Waals surface area contributed by atoms with E-state index < -0.39 is 21.9 Å². The van der Waals surface area contributed by atoms with Crippen LogP contribution in [0.5, 0.6) is 0 Å². The molecule has 0 aliphatic carbocycles. The number of hydrogen-bond donors (Lipinski definition) is 2. The summed E-state index contributed by atoms with van der Waals surface area (Å²) in [6.07, 6.45) is 0.157. The van der Waals surface area contributed by atoms with Gasteiger partial charge in [0.15, 0.2) is 0 Å². The molecule has 0 fully saturated rings. The lowest BCUT2D eigenvalue weighted by Gasteiger charge is -2.13. The molecule has 0 saturated heterocycles. The van der Waals surface area contributed by atoms with Crippen molar-refractivity contribution in [3.05, 3.63) is 35.6 Å². The van der Waals surface area contributed by atoms with E-state index in [0.29, 0.717) is 6.42 Å². The Kier molecular flexibility index (Phi) is 5.71. The molecule has 0 radical (unpaired) electrons. The van der Waals surface area contributed by atoms with Crippen LogP contribution in [-0.2, 0) is 10.0 Å². The number of sulfonamides is 1. The zero-order valence-corrected chi connectivity index (χ0v) is 11.1. The van der Waals surface area contributed by atoms with E-state index in [1.54, 1.807) is 6.07 Å². The van der Waals surface area contributed by atoms with Gasteiger partial charge in [0.05, 0.1) is 11.9 Å². The van der Waals surface area contributed by atoms with E-state index in [1.807, 2.05) is 6.92 Å². The van der Waals surface area contributed by atoms with Crippen LogP contribution < -0.4 is 4.72 Å². The highest BCUT2D eigenvalue weighted by Crippen LogP contribution is 2.15. The first-order valence-corrected chi connectivity index (χ1v) is 7.51. The third-order valence-corrected chi connectivity index (χ3v) is 3.96. The Hall–Kier alpha value is -0.980. The van der Waals surface area contributed by atoms with E-state index in [2.05, 4.69) is 4.72 Å². The molecule has 2 N–H and O–H groups in total. The van der Waals surface area contributed by atoms with E-state index in [-0.39, 0.29) is 17.9 Å². The fourth-order valence-corrected chi connectivity index (χ4v) is 2.69. The Balaban J connectivity index is 2.56. The fourth-order valence-electron chi connectivity index (χ4n) is 1.47. The van der Waals surface area contributed by atoms with Crippen LogP contribution in [0.15, 0.2) is 24.3 Å². The molecular formula is C12H18FNO3S. The molecule has 0 aromatic heterocycles. The van der Waals surface area contributed by atoms with Crippen molar-refractivity contribution in [2.75, 3.05) is 12.3 Å². The van der Waals surface area contributed by atoms with Gasteiger partial charge >= 0.3 is 0 Å². The Morgan fingerprint density at radius 2 is 2.06 bits per heavy atom. The minimum Gasteiger partial charge on any atom is -0.387 e. The minimum absolute atomic E-state index is 0.0213. The number of aliphatic hydroxyl groups excluding tert-OH is 1. The number of nitrogens with one attached hydrogen (secondary N) is 1. The molecule has 0 amide bonds. The summed E-state index contributed by atoms with van der Waals surface area (Å²) in [5.41, 5.74) is 0.0932. The number of halogens is 1. The fraction of sp³-hybridized carbons (Fsp3) is 0.500. The van der Waals surface area contributed by atoms with Gasteiger partial charge in [-0.1, -0.05) is 31.5 Å². The molecule has 102 valence electrons. The number of rotatable bonds is 7. The molecular weight excluding hydrogens is 257 g/mol. The maximum atomic E-state index is 13.3. The lowest BCUT2D eigenvalue weighted by molar-refractivity contribution is 0.177. The standard InChI is InChI=1S/C12H18FNO3S/c1-2-3-8-18(16,17)14-9-12(15)10-6-4-5-7-11(10)13/h4-7,12,14-15H,2-3,8-9H2,1H3. The van der Waals surface area contributed by atoms with Gasteiger partial charge in [-0.3, -0.25) is 0 Å². The second-order valence-corrected chi connectivity index (χ2v) is 5.98. The molecule has 1 aromatic rings. The number of unbranched alkanes of at least 4 members (excludes halogenated alkanes) is 1. The lowest BCUT2D eigenvalue weighted by Crippen LogP contribution is -2.30. The molecule has 0 bridgehead atoms. The molecule has 0 heterocycles. The molecule has 0 aliphatic heterocycles. The third-order valence-electron chi connectivity index (χ3n) is 2.53. The minimum atomic E-state index is -3.39. The second-order valence-electron chi connectivity index (χ2n) is 4.06. The summed E-state index contributed by atoms with van der Waals surface area (Å²) in [5.74, 6) is -0.522. The highest BCUT2D eigenvalue weighted by atomic mass is 32.2. The highest BCUT2D eigenvalue weighted by molar-refractivity contribution is 7.89. The van der Waals surface area contributed by atoms with E-state index in [1.165, 1.54) is 18.2 Å². The van der Waals surface area contributed by atoms with Crippen molar-refractivity contribution in [1.82, 2.24) is 4.72 Å². The van der Waals surface area contributed by atoms with Gasteiger partial charge in [-0.25, -0.2) is 17.5 Å². The normalized spacial score (nSPS) is 13.5. The third kappa shape index (κ3) is 4.72. The molecule has 1 atom stereocenters. The van der Waals surface area contributed by atoms with Gasteiger partial charge in [0.1, 0.15) is 5.82 Å². The first-order valence-electron chi connectivity index (χ1n) is 5.86. The van der Waals surface area contributed by atoms with Crippen LogP contribution in [0.1, 0.15) is 31.4 Å². The monoisotopic (exact) mass is 275 g/mol. The quantitative estimate of drug-likeness (QED) is 0.794. The maximum absolute atomic E-state index is 13.3. The zero-order valence-electron chi connectivity index (χ0n) is 10.3. The first-order chi connectivity index (χ1) is 8.46. The summed E-state index contributed by atoms with van der Waals surface area (Å²) in [6.45, 7) is 1.68. The molecule has 1 rings (SSSR count). The predicted octanol–water partition coefficient (Wildman–Crippen LogP) is 1.58. The molecule has 1 aromatic carbocycles. The number of benzene rings is 1. The summed E-state index contributed by atoms with van der Waals surface area (Å²) >= 11 is 0. The van der Waals surface area contributed by atoms with E-state index >= 15 is 0 Å². The van der Waals surface area contributed by atoms with Gasteiger partial charge in [-0.05, 0) is 12.5 Å². The van der Waals surface area contributed by atoms with Crippen LogP contribution in [0.2, 0.25) is 0 Å². The molecule has 4 nitrogen and oxygen atoms in total. The van der Waals surface area contributed by atoms with Crippen molar-refractivity contribution in [3.63, 3.8) is 0 Å². The first kappa shape index (κ1) is 15.1. The zero-order chi connectivity index (χ0) is 13.6. The maximum Gasteiger partial charge on any atom is 0.211 e. The Morgan fingerprint density at radius 3 is 2.67 bits per heavy atom. The van der Waals surface area contributed by atoms with Crippen LogP contribution in [-0.4, -0.2) is 25.8 Å². The number of aliphatic hydroxyl groups is 1. The van der Waals surface area contributed by atoms with Crippen molar-refractivity contribution >= 4 is 10.0 Å². The van der Waals surface area contributed by atoms with Gasteiger partial charge in [0, 0.05) is 12.1 Å². The van der Waals surface area contributed by atoms with Crippen molar-refractivity contribution in [2.45, 2.75) is 25.9 Å². The molecule has 1 unspecified atom stereocenters. The Bertz CT molecular complexity index is 476. The van der Waals surface area contributed by atoms with E-state index in [4.69, 9.17) is 0 Å². The molecule has 0 spiro atoms. The SMILES string of the molecule is CCCCS(=O)(=O)NCC(O)c1ccccc1F. The van der Waals surface area contributed by atoms with Crippen molar-refractivity contribution in [3.8, 4) is 0 Å². The summed E-state index contributed by atoms with van der Waals surface area (Å²) < 4.78 is 38.6. The van der Waals surface area contributed by atoms with Gasteiger partial charge in [0.25, 0.3) is 0 Å². The topological polar surface area (TPSA) is 66.4 Å².